The van der Waals surface area contributed by atoms with Crippen molar-refractivity contribution in [2.75, 3.05) is 26.0 Å². The molecule has 1 aromatic carbocycles. The number of fused-ring (bicyclic) bond motifs is 1. The van der Waals surface area contributed by atoms with Gasteiger partial charge in [-0.2, -0.15) is 0 Å². The fourth-order valence-corrected chi connectivity index (χ4v) is 1.90. The van der Waals surface area contributed by atoms with Gasteiger partial charge in [-0.05, 0) is 18.2 Å². The summed E-state index contributed by atoms with van der Waals surface area (Å²) in [6, 6.07) is 3.78. The zero-order valence-electron chi connectivity index (χ0n) is 11.1. The third-order valence-electron chi connectivity index (χ3n) is 2.97. The second-order valence-electron chi connectivity index (χ2n) is 4.36. The number of anilines is 1. The molecule has 0 saturated heterocycles. The van der Waals surface area contributed by atoms with Gasteiger partial charge in [-0.15, -0.1) is 0 Å². The first kappa shape index (κ1) is 13.9. The first-order valence-corrected chi connectivity index (χ1v) is 5.83. The van der Waals surface area contributed by atoms with Crippen LogP contribution in [-0.2, 0) is 9.53 Å². The molecule has 2 rings (SSSR count). The summed E-state index contributed by atoms with van der Waals surface area (Å²) in [5.41, 5.74) is 6.48. The molecular weight excluding hydrogens is 265 g/mol. The molecule has 106 valence electrons. The predicted molar refractivity (Wildman–Crippen MR) is 70.2 cm³/mol. The molecule has 0 unspecified atom stereocenters. The highest BCUT2D eigenvalue weighted by Gasteiger charge is 2.25. The lowest BCUT2D eigenvalue weighted by molar-refractivity contribution is -0.136. The van der Waals surface area contributed by atoms with Gasteiger partial charge in [-0.25, -0.2) is 9.18 Å². The van der Waals surface area contributed by atoms with E-state index in [0.717, 1.165) is 6.07 Å². The molecule has 7 heteroatoms. The Morgan fingerprint density at radius 1 is 1.50 bits per heavy atom. The Morgan fingerprint density at radius 2 is 2.20 bits per heavy atom. The molecule has 1 aromatic rings. The van der Waals surface area contributed by atoms with Crippen LogP contribution in [0, 0.1) is 5.82 Å². The number of nitrogens with one attached hydrogen (secondary N) is 1. The Labute approximate surface area is 115 Å². The van der Waals surface area contributed by atoms with Crippen LogP contribution in [0.25, 0.3) is 0 Å². The van der Waals surface area contributed by atoms with Crippen molar-refractivity contribution in [2.45, 2.75) is 0 Å². The molecule has 0 radical (unpaired) electrons. The van der Waals surface area contributed by atoms with E-state index in [1.165, 1.54) is 31.2 Å². The van der Waals surface area contributed by atoms with Crippen LogP contribution in [-0.4, -0.2) is 37.5 Å². The van der Waals surface area contributed by atoms with Gasteiger partial charge in [0.1, 0.15) is 11.5 Å². The number of esters is 1. The van der Waals surface area contributed by atoms with Crippen molar-refractivity contribution in [3.05, 3.63) is 41.0 Å². The van der Waals surface area contributed by atoms with E-state index in [2.05, 4.69) is 10.1 Å². The van der Waals surface area contributed by atoms with Crippen molar-refractivity contribution in [2.24, 2.45) is 5.73 Å². The molecule has 1 heterocycles. The topological polar surface area (TPSA) is 84.7 Å². The molecule has 1 aliphatic rings. The Hall–Kier alpha value is -2.57. The summed E-state index contributed by atoms with van der Waals surface area (Å²) in [7, 11) is 2.75. The lowest BCUT2D eigenvalue weighted by Crippen LogP contribution is -2.30. The van der Waals surface area contributed by atoms with Gasteiger partial charge in [0.15, 0.2) is 0 Å². The fourth-order valence-electron chi connectivity index (χ4n) is 1.90. The SMILES string of the molecule is COC(=O)/C(N)=C1\CN(C)C(=O)c2cc(F)ccc2N1. The Morgan fingerprint density at radius 3 is 2.85 bits per heavy atom. The van der Waals surface area contributed by atoms with Crippen LogP contribution in [0.3, 0.4) is 0 Å². The lowest BCUT2D eigenvalue weighted by Gasteiger charge is -2.16. The van der Waals surface area contributed by atoms with Gasteiger partial charge < -0.3 is 20.7 Å². The maximum Gasteiger partial charge on any atom is 0.355 e. The zero-order chi connectivity index (χ0) is 14.9. The van der Waals surface area contributed by atoms with E-state index in [0.29, 0.717) is 11.4 Å². The summed E-state index contributed by atoms with van der Waals surface area (Å²) in [6.45, 7) is 0.0933. The van der Waals surface area contributed by atoms with Gasteiger partial charge in [-0.3, -0.25) is 4.79 Å². The maximum absolute atomic E-state index is 13.3. The minimum atomic E-state index is -0.695. The summed E-state index contributed by atoms with van der Waals surface area (Å²) in [6.07, 6.45) is 0. The quantitative estimate of drug-likeness (QED) is 0.583. The molecule has 1 amide bonds. The summed E-state index contributed by atoms with van der Waals surface area (Å²) in [5.74, 6) is -1.57. The Balaban J connectivity index is 2.52. The highest BCUT2D eigenvalue weighted by atomic mass is 19.1. The van der Waals surface area contributed by atoms with Crippen LogP contribution >= 0.6 is 0 Å². The number of carbonyl (C=O) groups is 2. The summed E-state index contributed by atoms with van der Waals surface area (Å²) in [4.78, 5) is 24.9. The van der Waals surface area contributed by atoms with Crippen molar-refractivity contribution in [3.63, 3.8) is 0 Å². The minimum Gasteiger partial charge on any atom is -0.464 e. The smallest absolute Gasteiger partial charge is 0.355 e. The molecule has 0 fully saturated rings. The highest BCUT2D eigenvalue weighted by molar-refractivity contribution is 6.01. The first-order valence-electron chi connectivity index (χ1n) is 5.83. The monoisotopic (exact) mass is 279 g/mol. The maximum atomic E-state index is 13.3. The van der Waals surface area contributed by atoms with Crippen LogP contribution < -0.4 is 11.1 Å². The fraction of sp³-hybridized carbons (Fsp3) is 0.231. The van der Waals surface area contributed by atoms with E-state index in [4.69, 9.17) is 5.73 Å². The highest BCUT2D eigenvalue weighted by Crippen LogP contribution is 2.24. The van der Waals surface area contributed by atoms with Gasteiger partial charge in [0.25, 0.3) is 5.91 Å². The van der Waals surface area contributed by atoms with Crippen molar-refractivity contribution in [1.29, 1.82) is 0 Å². The normalized spacial score (nSPS) is 16.9. The first-order chi connectivity index (χ1) is 9.43. The molecule has 20 heavy (non-hydrogen) atoms. The second-order valence-corrected chi connectivity index (χ2v) is 4.36. The summed E-state index contributed by atoms with van der Waals surface area (Å²) >= 11 is 0. The largest absolute Gasteiger partial charge is 0.464 e. The van der Waals surface area contributed by atoms with E-state index < -0.39 is 11.8 Å². The van der Waals surface area contributed by atoms with Crippen LogP contribution in [0.1, 0.15) is 10.4 Å². The van der Waals surface area contributed by atoms with Gasteiger partial charge in [0.05, 0.1) is 30.6 Å². The number of hydrogen-bond acceptors (Lipinski definition) is 5. The number of likely N-dealkylation sites (N-methyl/N-ethyl adjacent to an activating group) is 1. The minimum absolute atomic E-state index is 0.0933. The van der Waals surface area contributed by atoms with Gasteiger partial charge >= 0.3 is 5.97 Å². The van der Waals surface area contributed by atoms with Crippen molar-refractivity contribution in [3.8, 4) is 0 Å². The zero-order valence-corrected chi connectivity index (χ0v) is 11.1. The average Bonchev–Trinajstić information content (AvgIpc) is 2.56. The van der Waals surface area contributed by atoms with Crippen LogP contribution in [0.5, 0.6) is 0 Å². The van der Waals surface area contributed by atoms with E-state index in [1.54, 1.807) is 0 Å². The van der Waals surface area contributed by atoms with Crippen molar-refractivity contribution >= 4 is 17.6 Å². The Bertz CT molecular complexity index is 613. The van der Waals surface area contributed by atoms with Crippen molar-refractivity contribution in [1.82, 2.24) is 4.90 Å². The average molecular weight is 279 g/mol. The number of rotatable bonds is 1. The molecule has 3 N–H and O–H groups in total. The van der Waals surface area contributed by atoms with Crippen LogP contribution in [0.2, 0.25) is 0 Å². The number of nitrogens with two attached hydrogens (primary N) is 1. The molecule has 6 nitrogen and oxygen atoms in total. The van der Waals surface area contributed by atoms with Gasteiger partial charge in [-0.1, -0.05) is 0 Å². The van der Waals surface area contributed by atoms with Crippen LogP contribution in [0.4, 0.5) is 10.1 Å². The van der Waals surface area contributed by atoms with Gasteiger partial charge in [0, 0.05) is 7.05 Å². The Kier molecular flexibility index (Phi) is 3.60. The molecule has 0 saturated carbocycles. The van der Waals surface area contributed by atoms with Crippen LogP contribution in [0.15, 0.2) is 29.6 Å². The number of methoxy groups -OCH3 is 1. The second kappa shape index (κ2) is 5.20. The lowest BCUT2D eigenvalue weighted by atomic mass is 10.1. The van der Waals surface area contributed by atoms with Gasteiger partial charge in [0.2, 0.25) is 0 Å². The number of hydrogen-bond donors (Lipinski definition) is 2. The number of halogens is 1. The summed E-state index contributed by atoms with van der Waals surface area (Å²) in [5, 5.41) is 2.89. The molecule has 0 aromatic heterocycles. The van der Waals surface area contributed by atoms with E-state index in [-0.39, 0.29) is 23.7 Å². The number of benzene rings is 1. The number of ether oxygens (including phenoxy) is 1. The molecule has 0 bridgehead atoms. The molecule has 0 aliphatic carbocycles. The molecule has 0 spiro atoms. The summed E-state index contributed by atoms with van der Waals surface area (Å²) < 4.78 is 17.8. The van der Waals surface area contributed by atoms with E-state index in [1.807, 2.05) is 0 Å². The van der Waals surface area contributed by atoms with E-state index >= 15 is 0 Å². The third kappa shape index (κ3) is 2.42. The molecular formula is C13H14FN3O3. The standard InChI is InChI=1S/C13H14FN3O3/c1-17-6-10(11(15)13(19)20-2)16-9-4-3-7(14)5-8(9)12(17)18/h3-5,16H,6,15H2,1-2H3/b11-10-. The number of nitrogens with zero attached hydrogens (tertiary/aromatic N) is 1. The number of carbonyl (C=O) groups excluding carboxylic acids is 2. The molecule has 0 atom stereocenters. The molecule has 1 aliphatic heterocycles. The van der Waals surface area contributed by atoms with Crippen molar-refractivity contribution < 1.29 is 18.7 Å². The predicted octanol–water partition coefficient (Wildman–Crippen LogP) is 0.666. The number of amides is 1. The van der Waals surface area contributed by atoms with E-state index in [9.17, 15) is 14.0 Å². The third-order valence-corrected chi connectivity index (χ3v) is 2.97.